The highest BCUT2D eigenvalue weighted by atomic mass is 16.5. The molecule has 3 heteroatoms. The third kappa shape index (κ3) is 2.99. The van der Waals surface area contributed by atoms with E-state index in [0.717, 1.165) is 22.6 Å². The highest BCUT2D eigenvalue weighted by molar-refractivity contribution is 5.58. The molecule has 0 saturated heterocycles. The zero-order valence-corrected chi connectivity index (χ0v) is 9.41. The van der Waals surface area contributed by atoms with Gasteiger partial charge in [0.25, 0.3) is 0 Å². The Labute approximate surface area is 90.5 Å². The van der Waals surface area contributed by atoms with E-state index < -0.39 is 0 Å². The predicted octanol–water partition coefficient (Wildman–Crippen LogP) is 2.07. The van der Waals surface area contributed by atoms with Crippen LogP contribution >= 0.6 is 0 Å². The molecule has 0 radical (unpaired) electrons. The molecule has 0 unspecified atom stereocenters. The molecule has 3 nitrogen and oxygen atoms in total. The van der Waals surface area contributed by atoms with Gasteiger partial charge in [-0.2, -0.15) is 0 Å². The first-order valence-corrected chi connectivity index (χ1v) is 4.80. The molecule has 15 heavy (non-hydrogen) atoms. The number of nitrogens with two attached hydrogens (primary N) is 1. The maximum atomic E-state index is 5.52. The number of methoxy groups -OCH3 is 2. The monoisotopic (exact) mass is 207 g/mol. The van der Waals surface area contributed by atoms with E-state index in [1.807, 2.05) is 31.2 Å². The molecular weight excluding hydrogens is 190 g/mol. The number of ether oxygens (including phenoxy) is 2. The smallest absolute Gasteiger partial charge is 0.161 e. The second kappa shape index (κ2) is 5.41. The van der Waals surface area contributed by atoms with Crippen LogP contribution < -0.4 is 15.2 Å². The summed E-state index contributed by atoms with van der Waals surface area (Å²) in [6.07, 6.45) is 2.03. The highest BCUT2D eigenvalue weighted by Gasteiger charge is 2.02. The van der Waals surface area contributed by atoms with Crippen LogP contribution in [0.4, 0.5) is 0 Å². The van der Waals surface area contributed by atoms with Crippen molar-refractivity contribution < 1.29 is 9.47 Å². The fraction of sp³-hybridized carbons (Fsp3) is 0.333. The topological polar surface area (TPSA) is 44.5 Å². The van der Waals surface area contributed by atoms with Crippen LogP contribution in [0.1, 0.15) is 12.5 Å². The molecular formula is C12H17NO2. The van der Waals surface area contributed by atoms with E-state index in [9.17, 15) is 0 Å². The van der Waals surface area contributed by atoms with E-state index in [0.29, 0.717) is 6.54 Å². The second-order valence-electron chi connectivity index (χ2n) is 3.31. The normalized spacial score (nSPS) is 11.3. The van der Waals surface area contributed by atoms with Gasteiger partial charge in [0.1, 0.15) is 0 Å². The molecule has 1 aromatic rings. The van der Waals surface area contributed by atoms with E-state index in [-0.39, 0.29) is 0 Å². The lowest BCUT2D eigenvalue weighted by molar-refractivity contribution is 0.355. The van der Waals surface area contributed by atoms with Gasteiger partial charge in [0, 0.05) is 6.54 Å². The van der Waals surface area contributed by atoms with Crippen LogP contribution in [0.15, 0.2) is 23.8 Å². The molecule has 0 aromatic heterocycles. The Bertz CT molecular complexity index is 359. The second-order valence-corrected chi connectivity index (χ2v) is 3.31. The predicted molar refractivity (Wildman–Crippen MR) is 62.3 cm³/mol. The summed E-state index contributed by atoms with van der Waals surface area (Å²) in [4.78, 5) is 0. The van der Waals surface area contributed by atoms with Crippen molar-refractivity contribution in [2.24, 2.45) is 5.73 Å². The molecule has 0 heterocycles. The number of benzene rings is 1. The number of hydrogen-bond acceptors (Lipinski definition) is 3. The lowest BCUT2D eigenvalue weighted by atomic mass is 10.1. The lowest BCUT2D eigenvalue weighted by Crippen LogP contribution is -1.99. The van der Waals surface area contributed by atoms with Gasteiger partial charge in [-0.1, -0.05) is 17.7 Å². The molecule has 82 valence electrons. The van der Waals surface area contributed by atoms with Crippen molar-refractivity contribution in [1.82, 2.24) is 0 Å². The van der Waals surface area contributed by atoms with Crippen molar-refractivity contribution in [3.8, 4) is 11.5 Å². The molecule has 2 N–H and O–H groups in total. The lowest BCUT2D eigenvalue weighted by Gasteiger charge is -2.08. The fourth-order valence-corrected chi connectivity index (χ4v) is 1.29. The van der Waals surface area contributed by atoms with Crippen LogP contribution in [0.5, 0.6) is 11.5 Å². The molecule has 1 rings (SSSR count). The van der Waals surface area contributed by atoms with Gasteiger partial charge < -0.3 is 15.2 Å². The first-order valence-electron chi connectivity index (χ1n) is 4.80. The summed E-state index contributed by atoms with van der Waals surface area (Å²) in [6, 6.07) is 5.78. The van der Waals surface area contributed by atoms with Gasteiger partial charge >= 0.3 is 0 Å². The van der Waals surface area contributed by atoms with E-state index >= 15 is 0 Å². The van der Waals surface area contributed by atoms with E-state index in [4.69, 9.17) is 15.2 Å². The Balaban J connectivity index is 3.03. The van der Waals surface area contributed by atoms with Gasteiger partial charge in [-0.15, -0.1) is 0 Å². The van der Waals surface area contributed by atoms with Gasteiger partial charge in [0.2, 0.25) is 0 Å². The zero-order chi connectivity index (χ0) is 11.3. The molecule has 0 atom stereocenters. The van der Waals surface area contributed by atoms with Gasteiger partial charge in [-0.25, -0.2) is 0 Å². The Morgan fingerprint density at radius 2 is 1.93 bits per heavy atom. The average molecular weight is 207 g/mol. The first-order chi connectivity index (χ1) is 7.21. The van der Waals surface area contributed by atoms with Crippen molar-refractivity contribution in [1.29, 1.82) is 0 Å². The first kappa shape index (κ1) is 11.6. The third-order valence-electron chi connectivity index (χ3n) is 2.14. The molecule has 0 aliphatic carbocycles. The molecule has 0 amide bonds. The van der Waals surface area contributed by atoms with E-state index in [1.54, 1.807) is 14.2 Å². The van der Waals surface area contributed by atoms with E-state index in [1.165, 1.54) is 0 Å². The highest BCUT2D eigenvalue weighted by Crippen LogP contribution is 2.28. The van der Waals surface area contributed by atoms with E-state index in [2.05, 4.69) is 0 Å². The standard InChI is InChI=1S/C12H17NO2/c1-9(8-13)6-10-4-5-11(14-2)12(7-10)15-3/h4-7H,8,13H2,1-3H3. The molecule has 1 aromatic carbocycles. The molecule has 0 saturated carbocycles. The van der Waals surface area contributed by atoms with Gasteiger partial charge in [0.15, 0.2) is 11.5 Å². The maximum absolute atomic E-state index is 5.52. The Kier molecular flexibility index (Phi) is 4.18. The van der Waals surface area contributed by atoms with Crippen molar-refractivity contribution >= 4 is 6.08 Å². The van der Waals surface area contributed by atoms with Crippen molar-refractivity contribution in [2.75, 3.05) is 20.8 Å². The quantitative estimate of drug-likeness (QED) is 0.822. The number of hydrogen-bond donors (Lipinski definition) is 1. The Hall–Kier alpha value is -1.48. The average Bonchev–Trinajstić information content (AvgIpc) is 2.28. The summed E-state index contributed by atoms with van der Waals surface area (Å²) in [6.45, 7) is 2.56. The minimum Gasteiger partial charge on any atom is -0.493 e. The van der Waals surface area contributed by atoms with Gasteiger partial charge in [0.05, 0.1) is 14.2 Å². The minimum absolute atomic E-state index is 0.564. The summed E-state index contributed by atoms with van der Waals surface area (Å²) >= 11 is 0. The molecule has 0 aliphatic heterocycles. The Morgan fingerprint density at radius 3 is 2.47 bits per heavy atom. The van der Waals surface area contributed by atoms with Crippen LogP contribution in [0, 0.1) is 0 Å². The van der Waals surface area contributed by atoms with Crippen molar-refractivity contribution in [3.63, 3.8) is 0 Å². The van der Waals surface area contributed by atoms with Crippen LogP contribution in [0.25, 0.3) is 6.08 Å². The maximum Gasteiger partial charge on any atom is 0.161 e. The third-order valence-corrected chi connectivity index (χ3v) is 2.14. The van der Waals surface area contributed by atoms with Crippen LogP contribution in [0.3, 0.4) is 0 Å². The summed E-state index contributed by atoms with van der Waals surface area (Å²) in [7, 11) is 3.25. The van der Waals surface area contributed by atoms with Crippen LogP contribution in [-0.4, -0.2) is 20.8 Å². The summed E-state index contributed by atoms with van der Waals surface area (Å²) < 4.78 is 10.4. The Morgan fingerprint density at radius 1 is 1.27 bits per heavy atom. The summed E-state index contributed by atoms with van der Waals surface area (Å²) in [5.41, 5.74) is 7.71. The SMILES string of the molecule is COc1ccc(C=C(C)CN)cc1OC. The number of rotatable bonds is 4. The van der Waals surface area contributed by atoms with Crippen molar-refractivity contribution in [2.45, 2.75) is 6.92 Å². The summed E-state index contributed by atoms with van der Waals surface area (Å²) in [5.74, 6) is 1.47. The van der Waals surface area contributed by atoms with Crippen LogP contribution in [-0.2, 0) is 0 Å². The largest absolute Gasteiger partial charge is 0.493 e. The zero-order valence-electron chi connectivity index (χ0n) is 9.41. The fourth-order valence-electron chi connectivity index (χ4n) is 1.29. The van der Waals surface area contributed by atoms with Gasteiger partial charge in [-0.3, -0.25) is 0 Å². The molecule has 0 bridgehead atoms. The molecule has 0 aliphatic rings. The van der Waals surface area contributed by atoms with Crippen molar-refractivity contribution in [3.05, 3.63) is 29.3 Å². The molecule has 0 fully saturated rings. The molecule has 0 spiro atoms. The summed E-state index contributed by atoms with van der Waals surface area (Å²) in [5, 5.41) is 0. The van der Waals surface area contributed by atoms with Crippen LogP contribution in [0.2, 0.25) is 0 Å². The van der Waals surface area contributed by atoms with Gasteiger partial charge in [-0.05, 0) is 24.6 Å². The minimum atomic E-state index is 0.564.